The van der Waals surface area contributed by atoms with Crippen molar-refractivity contribution in [3.63, 3.8) is 0 Å². The van der Waals surface area contributed by atoms with E-state index in [1.165, 1.54) is 0 Å². The van der Waals surface area contributed by atoms with Crippen molar-refractivity contribution in [2.24, 2.45) is 7.05 Å². The summed E-state index contributed by atoms with van der Waals surface area (Å²) in [7, 11) is 2.05. The van der Waals surface area contributed by atoms with Crippen LogP contribution in [0.3, 0.4) is 0 Å². The molecule has 2 heterocycles. The molecular formula is C20H30N4O2. The molecule has 1 saturated heterocycles. The zero-order chi connectivity index (χ0) is 18.7. The van der Waals surface area contributed by atoms with Crippen molar-refractivity contribution in [2.45, 2.75) is 51.9 Å². The number of para-hydroxylation sites is 1. The van der Waals surface area contributed by atoms with Gasteiger partial charge in [0.05, 0.1) is 12.1 Å². The first kappa shape index (κ1) is 18.9. The highest BCUT2D eigenvalue weighted by atomic mass is 16.5. The van der Waals surface area contributed by atoms with Crippen LogP contribution in [0.4, 0.5) is 0 Å². The van der Waals surface area contributed by atoms with Crippen LogP contribution in [0.1, 0.15) is 45.3 Å². The van der Waals surface area contributed by atoms with Gasteiger partial charge in [0.25, 0.3) is 0 Å². The van der Waals surface area contributed by atoms with Gasteiger partial charge >= 0.3 is 0 Å². The normalized spacial score (nSPS) is 20.5. The van der Waals surface area contributed by atoms with E-state index in [9.17, 15) is 0 Å². The second kappa shape index (κ2) is 7.76. The standard InChI is InChI=1S/C20H30N4O2/c1-15(2)19-22-21-18(23(19)5)12-24-11-17(26-20(3,4)14-24)13-25-16-9-7-6-8-10-16/h6-10,15,17H,11-14H2,1-5H3. The van der Waals surface area contributed by atoms with Crippen molar-refractivity contribution >= 4 is 0 Å². The molecule has 0 N–H and O–H groups in total. The summed E-state index contributed by atoms with van der Waals surface area (Å²) in [6, 6.07) is 9.89. The molecule has 0 bridgehead atoms. The fourth-order valence-corrected chi connectivity index (χ4v) is 3.55. The molecule has 26 heavy (non-hydrogen) atoms. The molecule has 0 aliphatic carbocycles. The van der Waals surface area contributed by atoms with Crippen molar-refractivity contribution in [3.05, 3.63) is 42.0 Å². The Bertz CT molecular complexity index is 712. The van der Waals surface area contributed by atoms with E-state index in [0.717, 1.165) is 37.0 Å². The molecule has 1 aromatic carbocycles. The second-order valence-electron chi connectivity index (χ2n) is 7.98. The van der Waals surface area contributed by atoms with E-state index in [-0.39, 0.29) is 11.7 Å². The molecule has 1 aliphatic heterocycles. The average molecular weight is 358 g/mol. The molecule has 1 aromatic heterocycles. The number of aromatic nitrogens is 3. The summed E-state index contributed by atoms with van der Waals surface area (Å²) in [5.74, 6) is 3.26. The van der Waals surface area contributed by atoms with Gasteiger partial charge in [0, 0.05) is 26.1 Å². The van der Waals surface area contributed by atoms with Crippen LogP contribution in [0, 0.1) is 0 Å². The van der Waals surface area contributed by atoms with Crippen LogP contribution in [0.2, 0.25) is 0 Å². The van der Waals surface area contributed by atoms with E-state index < -0.39 is 0 Å². The highest BCUT2D eigenvalue weighted by Gasteiger charge is 2.34. The lowest BCUT2D eigenvalue weighted by atomic mass is 10.1. The first-order valence-electron chi connectivity index (χ1n) is 9.30. The third-order valence-corrected chi connectivity index (χ3v) is 4.61. The Balaban J connectivity index is 1.64. The maximum absolute atomic E-state index is 6.23. The van der Waals surface area contributed by atoms with E-state index in [0.29, 0.717) is 12.5 Å². The van der Waals surface area contributed by atoms with Gasteiger partial charge < -0.3 is 14.0 Å². The van der Waals surface area contributed by atoms with E-state index in [1.54, 1.807) is 0 Å². The topological polar surface area (TPSA) is 52.4 Å². The molecule has 1 aliphatic rings. The Labute approximate surface area is 156 Å². The molecule has 142 valence electrons. The first-order valence-corrected chi connectivity index (χ1v) is 9.30. The summed E-state index contributed by atoms with van der Waals surface area (Å²) in [6.07, 6.45) is 0.0248. The van der Waals surface area contributed by atoms with Crippen molar-refractivity contribution in [1.29, 1.82) is 0 Å². The molecule has 1 unspecified atom stereocenters. The van der Waals surface area contributed by atoms with Gasteiger partial charge in [-0.15, -0.1) is 10.2 Å². The summed E-state index contributed by atoms with van der Waals surface area (Å²) < 4.78 is 14.3. The first-order chi connectivity index (χ1) is 12.3. The predicted octanol–water partition coefficient (Wildman–Crippen LogP) is 3.00. The summed E-state index contributed by atoms with van der Waals surface area (Å²) in [4.78, 5) is 2.39. The lowest BCUT2D eigenvalue weighted by Crippen LogP contribution is -2.54. The summed E-state index contributed by atoms with van der Waals surface area (Å²) in [6.45, 7) is 11.5. The minimum Gasteiger partial charge on any atom is -0.491 e. The van der Waals surface area contributed by atoms with Crippen molar-refractivity contribution in [1.82, 2.24) is 19.7 Å². The van der Waals surface area contributed by atoms with Gasteiger partial charge in [0.1, 0.15) is 30.1 Å². The largest absolute Gasteiger partial charge is 0.491 e. The molecule has 3 rings (SSSR count). The van der Waals surface area contributed by atoms with Gasteiger partial charge in [-0.3, -0.25) is 4.90 Å². The number of hydrogen-bond donors (Lipinski definition) is 0. The smallest absolute Gasteiger partial charge is 0.146 e. The lowest BCUT2D eigenvalue weighted by molar-refractivity contribution is -0.148. The van der Waals surface area contributed by atoms with E-state index in [4.69, 9.17) is 9.47 Å². The highest BCUT2D eigenvalue weighted by molar-refractivity contribution is 5.20. The van der Waals surface area contributed by atoms with Gasteiger partial charge in [-0.05, 0) is 26.0 Å². The Morgan fingerprint density at radius 3 is 2.62 bits per heavy atom. The molecule has 1 atom stereocenters. The second-order valence-corrected chi connectivity index (χ2v) is 7.98. The zero-order valence-corrected chi connectivity index (χ0v) is 16.5. The Morgan fingerprint density at radius 2 is 1.96 bits per heavy atom. The molecule has 2 aromatic rings. The number of rotatable bonds is 6. The van der Waals surface area contributed by atoms with Crippen LogP contribution >= 0.6 is 0 Å². The Morgan fingerprint density at radius 1 is 1.23 bits per heavy atom. The van der Waals surface area contributed by atoms with Gasteiger partial charge in [0.2, 0.25) is 0 Å². The van der Waals surface area contributed by atoms with Gasteiger partial charge in [-0.25, -0.2) is 0 Å². The van der Waals surface area contributed by atoms with E-state index in [1.807, 2.05) is 37.4 Å². The van der Waals surface area contributed by atoms with Crippen LogP contribution in [0.5, 0.6) is 5.75 Å². The van der Waals surface area contributed by atoms with Crippen molar-refractivity contribution < 1.29 is 9.47 Å². The molecule has 6 nitrogen and oxygen atoms in total. The third-order valence-electron chi connectivity index (χ3n) is 4.61. The summed E-state index contributed by atoms with van der Waals surface area (Å²) in [5.41, 5.74) is -0.220. The van der Waals surface area contributed by atoms with Crippen LogP contribution in [-0.2, 0) is 18.3 Å². The molecule has 1 fully saturated rings. The number of benzene rings is 1. The molecule has 0 saturated carbocycles. The van der Waals surface area contributed by atoms with Crippen LogP contribution in [-0.4, -0.2) is 51.1 Å². The minimum absolute atomic E-state index is 0.0248. The molecule has 0 amide bonds. The zero-order valence-electron chi connectivity index (χ0n) is 16.5. The van der Waals surface area contributed by atoms with Gasteiger partial charge in [0.15, 0.2) is 0 Å². The van der Waals surface area contributed by atoms with Gasteiger partial charge in [-0.2, -0.15) is 0 Å². The molecule has 0 spiro atoms. The predicted molar refractivity (Wildman–Crippen MR) is 101 cm³/mol. The lowest BCUT2D eigenvalue weighted by Gasteiger charge is -2.42. The Hall–Kier alpha value is -1.92. The third kappa shape index (κ3) is 4.62. The number of ether oxygens (including phenoxy) is 2. The number of hydrogen-bond acceptors (Lipinski definition) is 5. The van der Waals surface area contributed by atoms with Crippen LogP contribution < -0.4 is 4.74 Å². The molecular weight excluding hydrogens is 328 g/mol. The monoisotopic (exact) mass is 358 g/mol. The highest BCUT2D eigenvalue weighted by Crippen LogP contribution is 2.23. The molecule has 6 heteroatoms. The minimum atomic E-state index is -0.220. The summed E-state index contributed by atoms with van der Waals surface area (Å²) >= 11 is 0. The maximum atomic E-state index is 6.23. The summed E-state index contributed by atoms with van der Waals surface area (Å²) in [5, 5.41) is 8.74. The Kier molecular flexibility index (Phi) is 5.63. The molecule has 0 radical (unpaired) electrons. The number of morpholine rings is 1. The fourth-order valence-electron chi connectivity index (χ4n) is 3.55. The van der Waals surface area contributed by atoms with Crippen LogP contribution in [0.25, 0.3) is 0 Å². The van der Waals surface area contributed by atoms with E-state index >= 15 is 0 Å². The van der Waals surface area contributed by atoms with E-state index in [2.05, 4.69) is 47.4 Å². The number of nitrogens with zero attached hydrogens (tertiary/aromatic N) is 4. The van der Waals surface area contributed by atoms with Crippen LogP contribution in [0.15, 0.2) is 30.3 Å². The average Bonchev–Trinajstić information content (AvgIpc) is 2.93. The SMILES string of the molecule is CC(C)c1nnc(CN2CC(COc3ccccc3)OC(C)(C)C2)n1C. The van der Waals surface area contributed by atoms with Crippen molar-refractivity contribution in [3.8, 4) is 5.75 Å². The maximum Gasteiger partial charge on any atom is 0.146 e. The quantitative estimate of drug-likeness (QED) is 0.794. The van der Waals surface area contributed by atoms with Gasteiger partial charge in [-0.1, -0.05) is 32.0 Å². The fraction of sp³-hybridized carbons (Fsp3) is 0.600. The van der Waals surface area contributed by atoms with Crippen molar-refractivity contribution in [2.75, 3.05) is 19.7 Å².